The van der Waals surface area contributed by atoms with Gasteiger partial charge in [0.1, 0.15) is 0 Å². The van der Waals surface area contributed by atoms with Crippen molar-refractivity contribution < 1.29 is 23.5 Å². The van der Waals surface area contributed by atoms with Gasteiger partial charge in [-0.1, -0.05) is 18.2 Å². The van der Waals surface area contributed by atoms with Crippen LogP contribution in [0.3, 0.4) is 0 Å². The molecule has 1 aliphatic heterocycles. The number of nitrogens with zero attached hydrogens (tertiary/aromatic N) is 1. The molecule has 5 nitrogen and oxygen atoms in total. The van der Waals surface area contributed by atoms with Crippen molar-refractivity contribution in [2.45, 2.75) is 19.4 Å². The Labute approximate surface area is 126 Å². The number of hydrogen-bond acceptors (Lipinski definition) is 3. The smallest absolute Gasteiger partial charge is 0.336 e. The highest BCUT2D eigenvalue weighted by atomic mass is 19.3. The highest BCUT2D eigenvalue weighted by molar-refractivity contribution is 5.89. The predicted molar refractivity (Wildman–Crippen MR) is 75.8 cm³/mol. The van der Waals surface area contributed by atoms with Crippen molar-refractivity contribution in [1.82, 2.24) is 10.2 Å². The van der Waals surface area contributed by atoms with Crippen LogP contribution in [-0.2, 0) is 11.3 Å². The van der Waals surface area contributed by atoms with Crippen LogP contribution >= 0.6 is 0 Å². The van der Waals surface area contributed by atoms with E-state index < -0.39 is 18.3 Å². The summed E-state index contributed by atoms with van der Waals surface area (Å²) in [6.45, 7) is 2.13. The molecule has 2 rings (SSSR count). The lowest BCUT2D eigenvalue weighted by Crippen LogP contribution is -2.34. The number of benzene rings is 1. The minimum Gasteiger partial charge on any atom is -0.478 e. The third kappa shape index (κ3) is 4.24. The fourth-order valence-electron chi connectivity index (χ4n) is 2.65. The minimum atomic E-state index is -2.99. The van der Waals surface area contributed by atoms with Crippen molar-refractivity contribution in [3.8, 4) is 0 Å². The van der Waals surface area contributed by atoms with Gasteiger partial charge in [-0.2, -0.15) is 8.78 Å². The van der Waals surface area contributed by atoms with E-state index in [4.69, 9.17) is 5.11 Å². The number of carbonyl (C=O) groups excluding carboxylic acids is 1. The topological polar surface area (TPSA) is 69.6 Å². The summed E-state index contributed by atoms with van der Waals surface area (Å²) in [5.74, 6) is -2.09. The van der Waals surface area contributed by atoms with E-state index in [1.165, 1.54) is 0 Å². The van der Waals surface area contributed by atoms with Crippen molar-refractivity contribution >= 4 is 11.9 Å². The lowest BCUT2D eigenvalue weighted by molar-refractivity contribution is -0.131. The summed E-state index contributed by atoms with van der Waals surface area (Å²) in [5, 5.41) is 11.4. The molecule has 1 fully saturated rings. The number of carboxylic acid groups (broad SMARTS) is 1. The number of likely N-dealkylation sites (tertiary alicyclic amines) is 1. The molecule has 7 heteroatoms. The number of carboxylic acids is 1. The standard InChI is InChI=1S/C15H18F2N2O3/c16-13(17)14(20)18-7-10-5-6-19(8-10)9-11-3-1-2-4-12(11)15(21)22/h1-4,10,13H,5-9H2,(H,18,20)(H,21,22). The van der Waals surface area contributed by atoms with Gasteiger partial charge in [-0.05, 0) is 30.5 Å². The number of rotatable bonds is 6. The third-order valence-electron chi connectivity index (χ3n) is 3.77. The minimum absolute atomic E-state index is 0.111. The van der Waals surface area contributed by atoms with E-state index in [0.717, 1.165) is 18.5 Å². The number of aromatic carboxylic acids is 1. The molecule has 2 N–H and O–H groups in total. The molecule has 0 bridgehead atoms. The first kappa shape index (κ1) is 16.4. The Morgan fingerprint density at radius 2 is 2.09 bits per heavy atom. The molecule has 1 saturated heterocycles. The van der Waals surface area contributed by atoms with Gasteiger partial charge in [0.2, 0.25) is 0 Å². The first-order chi connectivity index (χ1) is 10.5. The van der Waals surface area contributed by atoms with Crippen LogP contribution in [0.4, 0.5) is 8.78 Å². The largest absolute Gasteiger partial charge is 0.478 e. The summed E-state index contributed by atoms with van der Waals surface area (Å²) < 4.78 is 24.2. The first-order valence-corrected chi connectivity index (χ1v) is 7.06. The summed E-state index contributed by atoms with van der Waals surface area (Å²) >= 11 is 0. The van der Waals surface area contributed by atoms with Gasteiger partial charge in [0.25, 0.3) is 5.91 Å². The molecule has 1 aliphatic rings. The summed E-state index contributed by atoms with van der Waals surface area (Å²) in [4.78, 5) is 24.1. The third-order valence-corrected chi connectivity index (χ3v) is 3.77. The van der Waals surface area contributed by atoms with Crippen LogP contribution in [0.5, 0.6) is 0 Å². The number of alkyl halides is 2. The quantitative estimate of drug-likeness (QED) is 0.837. The average molecular weight is 312 g/mol. The van der Waals surface area contributed by atoms with Crippen molar-refractivity contribution in [3.05, 3.63) is 35.4 Å². The van der Waals surface area contributed by atoms with E-state index in [-0.39, 0.29) is 18.0 Å². The molecule has 0 aromatic heterocycles. The first-order valence-electron chi connectivity index (χ1n) is 7.06. The molecule has 0 radical (unpaired) electrons. The van der Waals surface area contributed by atoms with Crippen LogP contribution in [0, 0.1) is 5.92 Å². The molecule has 0 spiro atoms. The molecule has 1 atom stereocenters. The Bertz CT molecular complexity index is 551. The number of carbonyl (C=O) groups is 2. The van der Waals surface area contributed by atoms with Crippen LogP contribution in [0.15, 0.2) is 24.3 Å². The second-order valence-electron chi connectivity index (χ2n) is 5.40. The monoisotopic (exact) mass is 312 g/mol. The fourth-order valence-corrected chi connectivity index (χ4v) is 2.65. The second kappa shape index (κ2) is 7.31. The molecular formula is C15H18F2N2O3. The van der Waals surface area contributed by atoms with E-state index in [2.05, 4.69) is 10.2 Å². The Balaban J connectivity index is 1.87. The van der Waals surface area contributed by atoms with Crippen LogP contribution in [0.2, 0.25) is 0 Å². The molecule has 1 heterocycles. The maximum absolute atomic E-state index is 12.1. The van der Waals surface area contributed by atoms with E-state index in [1.807, 2.05) is 0 Å². The zero-order chi connectivity index (χ0) is 16.1. The van der Waals surface area contributed by atoms with Crippen LogP contribution in [0.1, 0.15) is 22.3 Å². The van der Waals surface area contributed by atoms with Gasteiger partial charge in [-0.3, -0.25) is 9.69 Å². The maximum Gasteiger partial charge on any atom is 0.336 e. The summed E-state index contributed by atoms with van der Waals surface area (Å²) in [6, 6.07) is 6.81. The molecule has 1 amide bonds. The molecule has 0 saturated carbocycles. The highest BCUT2D eigenvalue weighted by Crippen LogP contribution is 2.20. The summed E-state index contributed by atoms with van der Waals surface area (Å²) in [5.41, 5.74) is 1.00. The van der Waals surface area contributed by atoms with Gasteiger partial charge in [-0.15, -0.1) is 0 Å². The van der Waals surface area contributed by atoms with Crippen LogP contribution in [-0.4, -0.2) is 47.9 Å². The Morgan fingerprint density at radius 1 is 1.36 bits per heavy atom. The Kier molecular flexibility index (Phi) is 5.43. The van der Waals surface area contributed by atoms with Gasteiger partial charge >= 0.3 is 12.4 Å². The lowest BCUT2D eigenvalue weighted by Gasteiger charge is -2.17. The van der Waals surface area contributed by atoms with Gasteiger partial charge in [0.05, 0.1) is 5.56 Å². The number of halogens is 2. The molecule has 1 aromatic carbocycles. The molecule has 120 valence electrons. The van der Waals surface area contributed by atoms with E-state index in [9.17, 15) is 18.4 Å². The number of amides is 1. The van der Waals surface area contributed by atoms with Gasteiger partial charge < -0.3 is 10.4 Å². The molecular weight excluding hydrogens is 294 g/mol. The number of nitrogens with one attached hydrogen (secondary N) is 1. The van der Waals surface area contributed by atoms with E-state index >= 15 is 0 Å². The van der Waals surface area contributed by atoms with Gasteiger partial charge in [0, 0.05) is 19.6 Å². The SMILES string of the molecule is O=C(O)c1ccccc1CN1CCC(CNC(=O)C(F)F)C1. The molecule has 22 heavy (non-hydrogen) atoms. The maximum atomic E-state index is 12.1. The molecule has 1 unspecified atom stereocenters. The molecule has 0 aliphatic carbocycles. The van der Waals surface area contributed by atoms with Gasteiger partial charge in [0.15, 0.2) is 0 Å². The average Bonchev–Trinajstić information content (AvgIpc) is 2.92. The van der Waals surface area contributed by atoms with Crippen molar-refractivity contribution in [2.24, 2.45) is 5.92 Å². The van der Waals surface area contributed by atoms with E-state index in [1.54, 1.807) is 24.3 Å². The zero-order valence-corrected chi connectivity index (χ0v) is 12.0. The van der Waals surface area contributed by atoms with Crippen molar-refractivity contribution in [1.29, 1.82) is 0 Å². The zero-order valence-electron chi connectivity index (χ0n) is 12.0. The van der Waals surface area contributed by atoms with Crippen molar-refractivity contribution in [3.63, 3.8) is 0 Å². The second-order valence-corrected chi connectivity index (χ2v) is 5.40. The van der Waals surface area contributed by atoms with Crippen LogP contribution < -0.4 is 5.32 Å². The van der Waals surface area contributed by atoms with E-state index in [0.29, 0.717) is 13.1 Å². The predicted octanol–water partition coefficient (Wildman–Crippen LogP) is 1.59. The van der Waals surface area contributed by atoms with Gasteiger partial charge in [-0.25, -0.2) is 4.79 Å². The Morgan fingerprint density at radius 3 is 2.77 bits per heavy atom. The summed E-state index contributed by atoms with van der Waals surface area (Å²) in [7, 11) is 0. The fraction of sp³-hybridized carbons (Fsp3) is 0.467. The van der Waals surface area contributed by atoms with Crippen molar-refractivity contribution in [2.75, 3.05) is 19.6 Å². The lowest BCUT2D eigenvalue weighted by atomic mass is 10.1. The normalized spacial score (nSPS) is 18.6. The summed E-state index contributed by atoms with van der Waals surface area (Å²) in [6.07, 6.45) is -2.20. The highest BCUT2D eigenvalue weighted by Gasteiger charge is 2.25. The number of hydrogen-bond donors (Lipinski definition) is 2. The molecule has 1 aromatic rings. The van der Waals surface area contributed by atoms with Crippen LogP contribution in [0.25, 0.3) is 0 Å². The Hall–Kier alpha value is -2.02.